The molecule has 5 nitrogen and oxygen atoms in total. The van der Waals surface area contributed by atoms with Crippen LogP contribution in [0.1, 0.15) is 5.56 Å². The smallest absolute Gasteiger partial charge is 0.317 e. The predicted molar refractivity (Wildman–Crippen MR) is 56.9 cm³/mol. The number of benzene rings is 1. The van der Waals surface area contributed by atoms with Crippen LogP contribution in [0.4, 0.5) is 13.2 Å². The largest absolute Gasteiger partial charge is 0.480 e. The molecule has 0 unspecified atom stereocenters. The molecule has 0 saturated heterocycles. The average Bonchev–Trinajstić information content (AvgIpc) is 2.23. The first-order valence-electron chi connectivity index (χ1n) is 5.09. The van der Waals surface area contributed by atoms with Crippen LogP contribution in [0.25, 0.3) is 0 Å². The number of carbonyl (C=O) groups is 2. The number of carboxylic acids is 2. The second-order valence-corrected chi connectivity index (χ2v) is 3.81. The number of rotatable bonds is 6. The summed E-state index contributed by atoms with van der Waals surface area (Å²) >= 11 is 0. The molecular weight excluding hydrogens is 267 g/mol. The Hall–Kier alpha value is -2.09. The van der Waals surface area contributed by atoms with Gasteiger partial charge in [-0.3, -0.25) is 14.5 Å². The molecule has 0 spiro atoms. The van der Waals surface area contributed by atoms with Crippen molar-refractivity contribution < 1.29 is 33.0 Å². The van der Waals surface area contributed by atoms with Gasteiger partial charge in [0.15, 0.2) is 17.5 Å². The minimum atomic E-state index is -1.63. The molecular formula is C11H10F3NO4. The lowest BCUT2D eigenvalue weighted by atomic mass is 10.2. The third-order valence-electron chi connectivity index (χ3n) is 2.17. The first-order chi connectivity index (χ1) is 8.79. The summed E-state index contributed by atoms with van der Waals surface area (Å²) in [6, 6.07) is 1.38. The Morgan fingerprint density at radius 2 is 1.42 bits per heavy atom. The fourth-order valence-corrected chi connectivity index (χ4v) is 1.51. The van der Waals surface area contributed by atoms with Crippen LogP contribution in [0, 0.1) is 17.5 Å². The zero-order valence-corrected chi connectivity index (χ0v) is 9.57. The second kappa shape index (κ2) is 6.19. The van der Waals surface area contributed by atoms with Crippen LogP contribution in [0.15, 0.2) is 12.1 Å². The van der Waals surface area contributed by atoms with Crippen LogP contribution < -0.4 is 0 Å². The average molecular weight is 277 g/mol. The van der Waals surface area contributed by atoms with E-state index in [-0.39, 0.29) is 12.1 Å². The molecule has 0 saturated carbocycles. The maximum absolute atomic E-state index is 12.9. The van der Waals surface area contributed by atoms with E-state index in [1.807, 2.05) is 0 Å². The van der Waals surface area contributed by atoms with E-state index in [0.29, 0.717) is 12.1 Å². The van der Waals surface area contributed by atoms with E-state index < -0.39 is 42.5 Å². The van der Waals surface area contributed by atoms with Crippen molar-refractivity contribution >= 4 is 11.9 Å². The molecule has 104 valence electrons. The van der Waals surface area contributed by atoms with Crippen LogP contribution >= 0.6 is 0 Å². The Bertz CT molecular complexity index is 468. The zero-order valence-electron chi connectivity index (χ0n) is 9.57. The lowest BCUT2D eigenvalue weighted by Crippen LogP contribution is -2.34. The standard InChI is InChI=1S/C11H10F3NO4/c12-7-1-6(2-8(13)11(7)14)3-15(4-9(16)17)5-10(18)19/h1-2H,3-5H2,(H,16,17)(H,18,19). The van der Waals surface area contributed by atoms with E-state index >= 15 is 0 Å². The SMILES string of the molecule is O=C(O)CN(CC(=O)O)Cc1cc(F)c(F)c(F)c1. The molecule has 0 radical (unpaired) electrons. The van der Waals surface area contributed by atoms with Crippen LogP contribution in [0.5, 0.6) is 0 Å². The summed E-state index contributed by atoms with van der Waals surface area (Å²) in [5, 5.41) is 17.2. The topological polar surface area (TPSA) is 77.8 Å². The number of hydrogen-bond acceptors (Lipinski definition) is 3. The molecule has 19 heavy (non-hydrogen) atoms. The van der Waals surface area contributed by atoms with Crippen LogP contribution in [-0.4, -0.2) is 40.1 Å². The number of nitrogens with zero attached hydrogens (tertiary/aromatic N) is 1. The highest BCUT2D eigenvalue weighted by Gasteiger charge is 2.16. The normalized spacial score (nSPS) is 10.7. The highest BCUT2D eigenvalue weighted by molar-refractivity contribution is 5.72. The number of carboxylic acid groups (broad SMARTS) is 2. The molecule has 8 heteroatoms. The molecule has 0 fully saturated rings. The number of halogens is 3. The minimum Gasteiger partial charge on any atom is -0.480 e. The fraction of sp³-hybridized carbons (Fsp3) is 0.273. The predicted octanol–water partition coefficient (Wildman–Crippen LogP) is 1.08. The molecule has 0 amide bonds. The van der Waals surface area contributed by atoms with Crippen molar-refractivity contribution in [1.29, 1.82) is 0 Å². The van der Waals surface area contributed by atoms with Crippen LogP contribution in [-0.2, 0) is 16.1 Å². The Balaban J connectivity index is 2.89. The van der Waals surface area contributed by atoms with E-state index in [4.69, 9.17) is 10.2 Å². The maximum atomic E-state index is 12.9. The van der Waals surface area contributed by atoms with Gasteiger partial charge in [0.2, 0.25) is 0 Å². The van der Waals surface area contributed by atoms with Crippen molar-refractivity contribution in [2.45, 2.75) is 6.54 Å². The monoisotopic (exact) mass is 277 g/mol. The quantitative estimate of drug-likeness (QED) is 0.761. The minimum absolute atomic E-state index is 0.0566. The number of hydrogen-bond donors (Lipinski definition) is 2. The molecule has 1 aromatic carbocycles. The van der Waals surface area contributed by atoms with E-state index in [1.165, 1.54) is 0 Å². The molecule has 0 aliphatic heterocycles. The molecule has 0 atom stereocenters. The van der Waals surface area contributed by atoms with Crippen molar-refractivity contribution in [1.82, 2.24) is 4.90 Å². The van der Waals surface area contributed by atoms with Gasteiger partial charge in [0.1, 0.15) is 0 Å². The molecule has 2 N–H and O–H groups in total. The van der Waals surface area contributed by atoms with Gasteiger partial charge in [-0.2, -0.15) is 0 Å². The lowest BCUT2D eigenvalue weighted by Gasteiger charge is -2.18. The van der Waals surface area contributed by atoms with Crippen molar-refractivity contribution in [3.05, 3.63) is 35.1 Å². The molecule has 0 aliphatic carbocycles. The molecule has 0 bridgehead atoms. The van der Waals surface area contributed by atoms with Gasteiger partial charge in [0, 0.05) is 6.54 Å². The summed E-state index contributed by atoms with van der Waals surface area (Å²) < 4.78 is 38.6. The molecule has 0 aliphatic rings. The van der Waals surface area contributed by atoms with Crippen molar-refractivity contribution in [2.75, 3.05) is 13.1 Å². The highest BCUT2D eigenvalue weighted by atomic mass is 19.2. The summed E-state index contributed by atoms with van der Waals surface area (Å²) in [6.07, 6.45) is 0. The van der Waals surface area contributed by atoms with Crippen molar-refractivity contribution in [3.8, 4) is 0 Å². The summed E-state index contributed by atoms with van der Waals surface area (Å²) in [7, 11) is 0. The van der Waals surface area contributed by atoms with Gasteiger partial charge in [-0.25, -0.2) is 13.2 Å². The van der Waals surface area contributed by atoms with Crippen LogP contribution in [0.3, 0.4) is 0 Å². The third kappa shape index (κ3) is 4.59. The summed E-state index contributed by atoms with van der Waals surface area (Å²) in [6.45, 7) is -1.56. The highest BCUT2D eigenvalue weighted by Crippen LogP contribution is 2.15. The first-order valence-corrected chi connectivity index (χ1v) is 5.09. The second-order valence-electron chi connectivity index (χ2n) is 3.81. The number of aliphatic carboxylic acids is 2. The first kappa shape index (κ1) is 15.0. The fourth-order valence-electron chi connectivity index (χ4n) is 1.51. The van der Waals surface area contributed by atoms with Crippen molar-refractivity contribution in [2.24, 2.45) is 0 Å². The zero-order chi connectivity index (χ0) is 14.6. The Morgan fingerprint density at radius 3 is 1.79 bits per heavy atom. The van der Waals surface area contributed by atoms with Gasteiger partial charge in [0.05, 0.1) is 13.1 Å². The van der Waals surface area contributed by atoms with E-state index in [9.17, 15) is 22.8 Å². The van der Waals surface area contributed by atoms with E-state index in [0.717, 1.165) is 4.90 Å². The van der Waals surface area contributed by atoms with Gasteiger partial charge in [0.25, 0.3) is 0 Å². The van der Waals surface area contributed by atoms with Gasteiger partial charge < -0.3 is 10.2 Å². The van der Waals surface area contributed by atoms with E-state index in [2.05, 4.69) is 0 Å². The Morgan fingerprint density at radius 1 is 1.00 bits per heavy atom. The van der Waals surface area contributed by atoms with Gasteiger partial charge in [-0.15, -0.1) is 0 Å². The molecule has 0 heterocycles. The molecule has 0 aromatic heterocycles. The summed E-state index contributed by atoms with van der Waals surface area (Å²) in [5.41, 5.74) is -0.0566. The Labute approximate surface area is 105 Å². The summed E-state index contributed by atoms with van der Waals surface area (Å²) in [5.74, 6) is -7.04. The van der Waals surface area contributed by atoms with E-state index in [1.54, 1.807) is 0 Å². The van der Waals surface area contributed by atoms with Crippen LogP contribution in [0.2, 0.25) is 0 Å². The van der Waals surface area contributed by atoms with Gasteiger partial charge in [-0.05, 0) is 17.7 Å². The molecule has 1 rings (SSSR count). The lowest BCUT2D eigenvalue weighted by molar-refractivity contribution is -0.142. The van der Waals surface area contributed by atoms with Crippen molar-refractivity contribution in [3.63, 3.8) is 0 Å². The molecule has 1 aromatic rings. The maximum Gasteiger partial charge on any atom is 0.317 e. The summed E-state index contributed by atoms with van der Waals surface area (Å²) in [4.78, 5) is 22.0. The third-order valence-corrected chi connectivity index (χ3v) is 2.17. The van der Waals surface area contributed by atoms with Gasteiger partial charge >= 0.3 is 11.9 Å². The van der Waals surface area contributed by atoms with Gasteiger partial charge in [-0.1, -0.05) is 0 Å². The Kier molecular flexibility index (Phi) is 4.87.